The number of carbonyl (C=O) groups is 3. The molecule has 1 N–H and O–H groups in total. The van der Waals surface area contributed by atoms with E-state index in [9.17, 15) is 14.4 Å². The molecule has 1 aliphatic heterocycles. The second kappa shape index (κ2) is 9.07. The molecule has 0 atom stereocenters. The first-order valence-electron chi connectivity index (χ1n) is 8.58. The summed E-state index contributed by atoms with van der Waals surface area (Å²) in [5.74, 6) is -0.570. The van der Waals surface area contributed by atoms with E-state index in [2.05, 4.69) is 10.3 Å². The van der Waals surface area contributed by atoms with Gasteiger partial charge in [-0.1, -0.05) is 12.1 Å². The number of hydrogen-bond acceptors (Lipinski definition) is 6. The minimum absolute atomic E-state index is 0.127. The lowest BCUT2D eigenvalue weighted by Gasteiger charge is -2.14. The van der Waals surface area contributed by atoms with Crippen LogP contribution < -0.4 is 5.32 Å². The lowest BCUT2D eigenvalue weighted by molar-refractivity contribution is -0.122. The first-order valence-corrected chi connectivity index (χ1v) is 10.6. The third-order valence-electron chi connectivity index (χ3n) is 4.17. The van der Waals surface area contributed by atoms with Gasteiger partial charge in [0, 0.05) is 35.9 Å². The van der Waals surface area contributed by atoms with E-state index in [1.807, 2.05) is 37.4 Å². The molecule has 3 amide bonds. The fourth-order valence-corrected chi connectivity index (χ4v) is 3.96. The van der Waals surface area contributed by atoms with E-state index < -0.39 is 0 Å². The van der Waals surface area contributed by atoms with Crippen LogP contribution in [0.15, 0.2) is 52.5 Å². The molecule has 1 aliphatic rings. The Labute approximate surface area is 171 Å². The van der Waals surface area contributed by atoms with E-state index in [0.717, 1.165) is 32.7 Å². The van der Waals surface area contributed by atoms with Gasteiger partial charge in [-0.05, 0) is 60.3 Å². The average Bonchev–Trinajstić information content (AvgIpc) is 2.96. The molecular weight excluding hydrogens is 394 g/mol. The van der Waals surface area contributed by atoms with Gasteiger partial charge in [-0.2, -0.15) is 0 Å². The van der Waals surface area contributed by atoms with Crippen LogP contribution in [-0.4, -0.2) is 46.3 Å². The normalized spacial score (nSPS) is 15.4. The van der Waals surface area contributed by atoms with Gasteiger partial charge in [0.1, 0.15) is 0 Å². The summed E-state index contributed by atoms with van der Waals surface area (Å²) in [4.78, 5) is 43.6. The van der Waals surface area contributed by atoms with Gasteiger partial charge < -0.3 is 5.32 Å². The van der Waals surface area contributed by atoms with Crippen LogP contribution in [0, 0.1) is 6.92 Å². The zero-order chi connectivity index (χ0) is 20.1. The number of hydrogen-bond donors (Lipinski definition) is 1. The molecule has 1 aromatic heterocycles. The number of carbonyl (C=O) groups excluding carboxylic acids is 3. The Hall–Kier alpha value is -2.58. The molecule has 2 heterocycles. The molecule has 1 fully saturated rings. The quantitative estimate of drug-likeness (QED) is 0.576. The number of imide groups is 1. The zero-order valence-corrected chi connectivity index (χ0v) is 17.1. The van der Waals surface area contributed by atoms with Crippen molar-refractivity contribution >= 4 is 46.7 Å². The molecule has 1 aromatic carbocycles. The summed E-state index contributed by atoms with van der Waals surface area (Å²) >= 11 is 2.46. The van der Waals surface area contributed by atoms with Crippen molar-refractivity contribution in [3.8, 4) is 0 Å². The number of thioether (sulfide) groups is 2. The second-order valence-electron chi connectivity index (χ2n) is 6.06. The number of nitrogens with zero attached hydrogens (tertiary/aromatic N) is 2. The van der Waals surface area contributed by atoms with Crippen LogP contribution in [0.2, 0.25) is 0 Å². The molecule has 0 unspecified atom stereocenters. The monoisotopic (exact) mass is 413 g/mol. The van der Waals surface area contributed by atoms with Gasteiger partial charge in [0.25, 0.3) is 17.1 Å². The standard InChI is InChI=1S/C20H19N3O3S2/c1-13-5-6-15(27-2)11-16(13)18(24)22-8-9-23-19(25)17(28-20(23)26)10-14-4-3-7-21-12-14/h3-7,10-12H,8-9H2,1-2H3,(H,22,24)/b17-10-. The first kappa shape index (κ1) is 20.2. The van der Waals surface area contributed by atoms with Crippen molar-refractivity contribution in [2.45, 2.75) is 11.8 Å². The summed E-state index contributed by atoms with van der Waals surface area (Å²) < 4.78 is 0. The van der Waals surface area contributed by atoms with Gasteiger partial charge in [-0.25, -0.2) is 0 Å². The second-order valence-corrected chi connectivity index (χ2v) is 7.93. The van der Waals surface area contributed by atoms with E-state index in [1.165, 1.54) is 0 Å². The Morgan fingerprint density at radius 2 is 2.14 bits per heavy atom. The van der Waals surface area contributed by atoms with Gasteiger partial charge in [-0.15, -0.1) is 11.8 Å². The van der Waals surface area contributed by atoms with Crippen LogP contribution in [-0.2, 0) is 4.79 Å². The Bertz CT molecular complexity index is 945. The minimum Gasteiger partial charge on any atom is -0.350 e. The molecule has 0 saturated carbocycles. The number of aromatic nitrogens is 1. The summed E-state index contributed by atoms with van der Waals surface area (Å²) in [6.07, 6.45) is 6.86. The number of pyridine rings is 1. The molecule has 1 saturated heterocycles. The average molecular weight is 414 g/mol. The van der Waals surface area contributed by atoms with E-state index in [0.29, 0.717) is 10.5 Å². The third-order valence-corrected chi connectivity index (χ3v) is 5.80. The molecule has 28 heavy (non-hydrogen) atoms. The first-order chi connectivity index (χ1) is 13.5. The molecule has 2 aromatic rings. The molecule has 6 nitrogen and oxygen atoms in total. The molecule has 0 aliphatic carbocycles. The van der Waals surface area contributed by atoms with Crippen LogP contribution in [0.4, 0.5) is 4.79 Å². The van der Waals surface area contributed by atoms with E-state index in [4.69, 9.17) is 0 Å². The zero-order valence-electron chi connectivity index (χ0n) is 15.5. The highest BCUT2D eigenvalue weighted by Gasteiger charge is 2.34. The van der Waals surface area contributed by atoms with E-state index in [-0.39, 0.29) is 30.1 Å². The maximum Gasteiger partial charge on any atom is 0.293 e. The Balaban J connectivity index is 1.60. The van der Waals surface area contributed by atoms with Crippen LogP contribution in [0.1, 0.15) is 21.5 Å². The third kappa shape index (κ3) is 4.63. The lowest BCUT2D eigenvalue weighted by atomic mass is 10.1. The Kier molecular flexibility index (Phi) is 6.53. The van der Waals surface area contributed by atoms with Gasteiger partial charge in [0.2, 0.25) is 0 Å². The highest BCUT2D eigenvalue weighted by atomic mass is 32.2. The Morgan fingerprint density at radius 3 is 2.86 bits per heavy atom. The van der Waals surface area contributed by atoms with Crippen molar-refractivity contribution in [1.82, 2.24) is 15.2 Å². The number of nitrogens with one attached hydrogen (secondary N) is 1. The molecule has 144 valence electrons. The van der Waals surface area contributed by atoms with Gasteiger partial charge in [0.15, 0.2) is 0 Å². The molecule has 0 radical (unpaired) electrons. The predicted octanol–water partition coefficient (Wildman–Crippen LogP) is 3.58. The molecular formula is C20H19N3O3S2. The number of amides is 3. The maximum atomic E-state index is 12.5. The fourth-order valence-electron chi connectivity index (χ4n) is 2.65. The van der Waals surface area contributed by atoms with Crippen molar-refractivity contribution < 1.29 is 14.4 Å². The number of rotatable bonds is 6. The van der Waals surface area contributed by atoms with Crippen molar-refractivity contribution in [3.05, 3.63) is 64.3 Å². The van der Waals surface area contributed by atoms with E-state index in [1.54, 1.807) is 36.3 Å². The van der Waals surface area contributed by atoms with Gasteiger partial charge in [0.05, 0.1) is 4.91 Å². The molecule has 3 rings (SSSR count). The highest BCUT2D eigenvalue weighted by Crippen LogP contribution is 2.31. The number of benzene rings is 1. The molecule has 0 bridgehead atoms. The summed E-state index contributed by atoms with van der Waals surface area (Å²) in [6.45, 7) is 2.20. The summed E-state index contributed by atoms with van der Waals surface area (Å²) in [7, 11) is 0. The van der Waals surface area contributed by atoms with Gasteiger partial charge >= 0.3 is 0 Å². The van der Waals surface area contributed by atoms with Crippen molar-refractivity contribution in [2.75, 3.05) is 19.3 Å². The highest BCUT2D eigenvalue weighted by molar-refractivity contribution is 8.18. The minimum atomic E-state index is -0.353. The predicted molar refractivity (Wildman–Crippen MR) is 112 cm³/mol. The van der Waals surface area contributed by atoms with Crippen molar-refractivity contribution in [3.63, 3.8) is 0 Å². The smallest absolute Gasteiger partial charge is 0.293 e. The van der Waals surface area contributed by atoms with Crippen LogP contribution in [0.5, 0.6) is 0 Å². The lowest BCUT2D eigenvalue weighted by Crippen LogP contribution is -2.37. The largest absolute Gasteiger partial charge is 0.350 e. The van der Waals surface area contributed by atoms with E-state index >= 15 is 0 Å². The van der Waals surface area contributed by atoms with Gasteiger partial charge in [-0.3, -0.25) is 24.3 Å². The maximum absolute atomic E-state index is 12.5. The summed E-state index contributed by atoms with van der Waals surface area (Å²) in [5, 5.41) is 2.45. The Morgan fingerprint density at radius 1 is 1.32 bits per heavy atom. The van der Waals surface area contributed by atoms with Crippen LogP contribution >= 0.6 is 23.5 Å². The van der Waals surface area contributed by atoms with Crippen LogP contribution in [0.3, 0.4) is 0 Å². The topological polar surface area (TPSA) is 79.4 Å². The van der Waals surface area contributed by atoms with Crippen molar-refractivity contribution in [2.24, 2.45) is 0 Å². The fraction of sp³-hybridized carbons (Fsp3) is 0.200. The number of aryl methyl sites for hydroxylation is 1. The summed E-state index contributed by atoms with van der Waals surface area (Å²) in [6, 6.07) is 9.28. The SMILES string of the molecule is CSc1ccc(C)c(C(=O)NCCN2C(=O)S/C(=C\c3cccnc3)C2=O)c1. The molecule has 8 heteroatoms. The molecule has 0 spiro atoms. The summed E-state index contributed by atoms with van der Waals surface area (Å²) in [5.41, 5.74) is 2.23. The van der Waals surface area contributed by atoms with Crippen molar-refractivity contribution in [1.29, 1.82) is 0 Å². The van der Waals surface area contributed by atoms with Crippen LogP contribution in [0.25, 0.3) is 6.08 Å².